The van der Waals surface area contributed by atoms with Crippen molar-refractivity contribution in [1.82, 2.24) is 15.1 Å². The van der Waals surface area contributed by atoms with Crippen molar-refractivity contribution in [3.8, 4) is 0 Å². The minimum atomic E-state index is 0.654. The van der Waals surface area contributed by atoms with Crippen LogP contribution in [0.25, 0.3) is 22.0 Å². The van der Waals surface area contributed by atoms with Crippen LogP contribution in [0.4, 0.5) is 0 Å². The summed E-state index contributed by atoms with van der Waals surface area (Å²) in [4.78, 5) is 10.5. The zero-order valence-electron chi connectivity index (χ0n) is 16.2. The molecule has 1 saturated heterocycles. The number of nitrogens with zero attached hydrogens (tertiary/aromatic N) is 4. The first kappa shape index (κ1) is 20.1. The van der Waals surface area contributed by atoms with E-state index in [1.54, 1.807) is 6.21 Å². The summed E-state index contributed by atoms with van der Waals surface area (Å²) in [5.74, 6) is 0.734. The Morgan fingerprint density at radius 2 is 2.00 bits per heavy atom. The first-order valence-electron chi connectivity index (χ1n) is 9.19. The van der Waals surface area contributed by atoms with Crippen molar-refractivity contribution in [3.05, 3.63) is 66.9 Å². The number of allylic oxidation sites excluding steroid dienone is 3. The fourth-order valence-corrected chi connectivity index (χ4v) is 3.02. The summed E-state index contributed by atoms with van der Waals surface area (Å²) in [6, 6.07) is 5.92. The molecular weight excluding hydrogens is 366 g/mol. The zero-order valence-corrected chi connectivity index (χ0v) is 16.2. The summed E-state index contributed by atoms with van der Waals surface area (Å²) >= 11 is 0. The molecule has 0 saturated carbocycles. The molecule has 8 nitrogen and oxygen atoms in total. The molecule has 1 aliphatic rings. The Balaban J connectivity index is 1.92. The van der Waals surface area contributed by atoms with Gasteiger partial charge in [-0.05, 0) is 34.9 Å². The van der Waals surface area contributed by atoms with Gasteiger partial charge in [-0.25, -0.2) is 4.99 Å². The molecule has 1 aromatic carbocycles. The SMILES string of the molecule is C=C(/C=N\C=C/N)c1ccc2[nH]nc(C(=C)/C=C(\N=C/N)N3CCOCC3)c2c1. The van der Waals surface area contributed by atoms with Gasteiger partial charge >= 0.3 is 0 Å². The predicted molar refractivity (Wildman–Crippen MR) is 119 cm³/mol. The van der Waals surface area contributed by atoms with E-state index in [9.17, 15) is 0 Å². The average molecular weight is 391 g/mol. The monoisotopic (exact) mass is 391 g/mol. The Morgan fingerprint density at radius 3 is 2.72 bits per heavy atom. The van der Waals surface area contributed by atoms with Crippen LogP contribution in [0.5, 0.6) is 0 Å². The average Bonchev–Trinajstić information content (AvgIpc) is 3.17. The molecule has 0 amide bonds. The van der Waals surface area contributed by atoms with E-state index < -0.39 is 0 Å². The summed E-state index contributed by atoms with van der Waals surface area (Å²) in [5, 5.41) is 8.42. The minimum absolute atomic E-state index is 0.654. The molecule has 29 heavy (non-hydrogen) atoms. The van der Waals surface area contributed by atoms with E-state index >= 15 is 0 Å². The first-order chi connectivity index (χ1) is 14.1. The van der Waals surface area contributed by atoms with Gasteiger partial charge in [-0.15, -0.1) is 0 Å². The van der Waals surface area contributed by atoms with Gasteiger partial charge in [-0.2, -0.15) is 5.10 Å². The van der Waals surface area contributed by atoms with Crippen molar-refractivity contribution in [1.29, 1.82) is 0 Å². The number of ether oxygens (including phenoxy) is 1. The predicted octanol–water partition coefficient (Wildman–Crippen LogP) is 2.25. The van der Waals surface area contributed by atoms with Crippen LogP contribution in [-0.4, -0.2) is 54.0 Å². The lowest BCUT2D eigenvalue weighted by atomic mass is 10.0. The Kier molecular flexibility index (Phi) is 6.59. The normalized spacial score (nSPS) is 15.9. The zero-order chi connectivity index (χ0) is 20.6. The molecule has 1 aliphatic heterocycles. The Morgan fingerprint density at radius 1 is 1.21 bits per heavy atom. The van der Waals surface area contributed by atoms with E-state index in [0.29, 0.717) is 13.2 Å². The highest BCUT2D eigenvalue weighted by molar-refractivity contribution is 6.10. The van der Waals surface area contributed by atoms with Crippen molar-refractivity contribution < 1.29 is 4.74 Å². The standard InChI is InChI=1S/C21H25N7O/c1-15(11-20(25-14-23)28-7-9-29-10-8-28)21-18-12-17(3-4-19(18)26-27-21)16(2)13-24-6-5-22/h3-6,11-14H,1-2,7-10,22H2,(H2,23,25)(H,26,27)/b6-5-,20-11+,24-13-. The van der Waals surface area contributed by atoms with Crippen LogP contribution in [0.1, 0.15) is 11.3 Å². The molecular formula is C21H25N7O. The second-order valence-electron chi connectivity index (χ2n) is 6.38. The van der Waals surface area contributed by atoms with Crippen LogP contribution in [0.2, 0.25) is 0 Å². The maximum atomic E-state index is 5.55. The Labute approximate surface area is 169 Å². The lowest BCUT2D eigenvalue weighted by Gasteiger charge is -2.28. The molecule has 0 atom stereocenters. The number of nitrogens with two attached hydrogens (primary N) is 2. The molecule has 2 heterocycles. The van der Waals surface area contributed by atoms with E-state index in [1.165, 1.54) is 18.7 Å². The van der Waals surface area contributed by atoms with Crippen LogP contribution in [0.15, 0.2) is 65.6 Å². The third-order valence-corrected chi connectivity index (χ3v) is 4.49. The number of hydrogen-bond acceptors (Lipinski definition) is 6. The topological polar surface area (TPSA) is 118 Å². The van der Waals surface area contributed by atoms with Crippen LogP contribution >= 0.6 is 0 Å². The van der Waals surface area contributed by atoms with Crippen LogP contribution < -0.4 is 11.5 Å². The quantitative estimate of drug-likeness (QED) is 0.380. The van der Waals surface area contributed by atoms with Crippen LogP contribution in [0.3, 0.4) is 0 Å². The largest absolute Gasteiger partial charge is 0.403 e. The van der Waals surface area contributed by atoms with Gasteiger partial charge < -0.3 is 21.1 Å². The highest BCUT2D eigenvalue weighted by Crippen LogP contribution is 2.27. The van der Waals surface area contributed by atoms with Crippen molar-refractivity contribution in [2.45, 2.75) is 0 Å². The molecule has 2 aromatic rings. The highest BCUT2D eigenvalue weighted by Gasteiger charge is 2.15. The van der Waals surface area contributed by atoms with Crippen LogP contribution in [0, 0.1) is 0 Å². The van der Waals surface area contributed by atoms with Crippen molar-refractivity contribution in [2.24, 2.45) is 21.5 Å². The summed E-state index contributed by atoms with van der Waals surface area (Å²) in [6.45, 7) is 11.1. The maximum absolute atomic E-state index is 5.55. The molecule has 0 bridgehead atoms. The molecule has 150 valence electrons. The lowest BCUT2D eigenvalue weighted by molar-refractivity contribution is 0.0532. The third-order valence-electron chi connectivity index (χ3n) is 4.49. The van der Waals surface area contributed by atoms with E-state index in [1.807, 2.05) is 24.3 Å². The third kappa shape index (κ3) is 4.80. The molecule has 8 heteroatoms. The lowest BCUT2D eigenvalue weighted by Crippen LogP contribution is -2.35. The van der Waals surface area contributed by atoms with Gasteiger partial charge in [-0.3, -0.25) is 10.1 Å². The van der Waals surface area contributed by atoms with Gasteiger partial charge in [0.2, 0.25) is 0 Å². The first-order valence-corrected chi connectivity index (χ1v) is 9.19. The molecule has 3 rings (SSSR count). The smallest absolute Gasteiger partial charge is 0.131 e. The minimum Gasteiger partial charge on any atom is -0.403 e. The summed E-state index contributed by atoms with van der Waals surface area (Å²) in [6.07, 6.45) is 7.71. The number of benzene rings is 1. The molecule has 1 fully saturated rings. The summed E-state index contributed by atoms with van der Waals surface area (Å²) in [5.41, 5.74) is 14.9. The fourth-order valence-electron chi connectivity index (χ4n) is 3.02. The number of fused-ring (bicyclic) bond motifs is 1. The number of hydrogen-bond donors (Lipinski definition) is 3. The number of aliphatic imine (C=N–C) groups is 2. The van der Waals surface area contributed by atoms with E-state index in [-0.39, 0.29) is 0 Å². The van der Waals surface area contributed by atoms with Gasteiger partial charge in [0.25, 0.3) is 0 Å². The number of H-pyrrole nitrogens is 1. The Hall–Kier alpha value is -3.65. The van der Waals surface area contributed by atoms with Gasteiger partial charge in [0, 0.05) is 37.1 Å². The highest BCUT2D eigenvalue weighted by atomic mass is 16.5. The molecule has 0 aliphatic carbocycles. The second-order valence-corrected chi connectivity index (χ2v) is 6.38. The van der Waals surface area contributed by atoms with Gasteiger partial charge in [-0.1, -0.05) is 19.2 Å². The number of aromatic nitrogens is 2. The Bertz CT molecular complexity index is 1010. The molecule has 0 radical (unpaired) electrons. The van der Waals surface area contributed by atoms with Crippen molar-refractivity contribution in [3.63, 3.8) is 0 Å². The van der Waals surface area contributed by atoms with Crippen molar-refractivity contribution >= 4 is 34.6 Å². The van der Waals surface area contributed by atoms with Gasteiger partial charge in [0.05, 0.1) is 30.8 Å². The molecule has 0 unspecified atom stereocenters. The second kappa shape index (κ2) is 9.52. The summed E-state index contributed by atoms with van der Waals surface area (Å²) in [7, 11) is 0. The maximum Gasteiger partial charge on any atom is 0.131 e. The number of nitrogens with one attached hydrogen (secondary N) is 1. The molecule has 0 spiro atoms. The number of morpholine rings is 1. The van der Waals surface area contributed by atoms with Crippen molar-refractivity contribution in [2.75, 3.05) is 26.3 Å². The van der Waals surface area contributed by atoms with Gasteiger partial charge in [0.1, 0.15) is 5.82 Å². The van der Waals surface area contributed by atoms with Crippen LogP contribution in [-0.2, 0) is 4.74 Å². The van der Waals surface area contributed by atoms with E-state index in [2.05, 4.69) is 38.2 Å². The van der Waals surface area contributed by atoms with E-state index in [4.69, 9.17) is 16.2 Å². The van der Waals surface area contributed by atoms with Gasteiger partial charge in [0.15, 0.2) is 0 Å². The molecule has 1 aromatic heterocycles. The number of rotatable bonds is 7. The summed E-state index contributed by atoms with van der Waals surface area (Å²) < 4.78 is 5.41. The number of aromatic amines is 1. The molecule has 5 N–H and O–H groups in total. The van der Waals surface area contributed by atoms with E-state index in [0.717, 1.165) is 52.2 Å². The fraction of sp³-hybridized carbons (Fsp3) is 0.190.